The molecule has 0 unspecified atom stereocenters. The van der Waals surface area contributed by atoms with E-state index in [9.17, 15) is 0 Å². The topological polar surface area (TPSA) is 62.3 Å². The molecule has 1 aromatic heterocycles. The molecule has 3 aromatic rings. The monoisotopic (exact) mass is 583 g/mol. The average Bonchev–Trinajstić information content (AvgIpc) is 2.84. The summed E-state index contributed by atoms with van der Waals surface area (Å²) in [5, 5.41) is 8.30. The molecule has 2 N–H and O–H groups in total. The van der Waals surface area contributed by atoms with Crippen molar-refractivity contribution in [1.82, 2.24) is 14.9 Å². The van der Waals surface area contributed by atoms with E-state index in [4.69, 9.17) is 9.72 Å². The number of hydrogen-bond acceptors (Lipinski definition) is 6. The molecule has 0 aliphatic carbocycles. The Hall–Kier alpha value is -2.21. The molecule has 0 saturated carbocycles. The third-order valence-corrected chi connectivity index (χ3v) is 8.68. The summed E-state index contributed by atoms with van der Waals surface area (Å²) in [7, 11) is 1.93. The number of halogens is 1. The lowest BCUT2D eigenvalue weighted by atomic mass is 9.86. The molecule has 0 radical (unpaired) electrons. The second-order valence-electron chi connectivity index (χ2n) is 10.5. The van der Waals surface area contributed by atoms with Crippen LogP contribution in [0.5, 0.6) is 5.75 Å². The maximum atomic E-state index is 6.28. The van der Waals surface area contributed by atoms with Crippen molar-refractivity contribution in [3.05, 3.63) is 57.7 Å². The maximum Gasteiger partial charge on any atom is 0.229 e. The highest BCUT2D eigenvalue weighted by Crippen LogP contribution is 2.38. The van der Waals surface area contributed by atoms with Crippen LogP contribution in [0.4, 0.5) is 23.1 Å². The van der Waals surface area contributed by atoms with Gasteiger partial charge in [-0.05, 0) is 137 Å². The minimum atomic E-state index is -0.270. The number of anilines is 4. The van der Waals surface area contributed by atoms with Crippen LogP contribution in [-0.2, 0) is 0 Å². The molecule has 8 heteroatoms. The van der Waals surface area contributed by atoms with Crippen LogP contribution < -0.4 is 20.7 Å². The fourth-order valence-corrected chi connectivity index (χ4v) is 6.16. The Bertz CT molecular complexity index is 1240. The van der Waals surface area contributed by atoms with E-state index >= 15 is 0 Å². The second-order valence-corrected chi connectivity index (χ2v) is 13.6. The molecular formula is C29H39BrN5OP. The molecule has 37 heavy (non-hydrogen) atoms. The number of likely N-dealkylation sites (tertiary alicyclic amines) is 1. The van der Waals surface area contributed by atoms with Gasteiger partial charge in [0.05, 0.1) is 16.3 Å². The van der Waals surface area contributed by atoms with Gasteiger partial charge < -0.3 is 20.3 Å². The maximum absolute atomic E-state index is 6.28. The van der Waals surface area contributed by atoms with E-state index in [2.05, 4.69) is 115 Å². The summed E-state index contributed by atoms with van der Waals surface area (Å²) in [5.74, 6) is 2.66. The summed E-state index contributed by atoms with van der Waals surface area (Å²) in [5.41, 5.74) is 5.88. The van der Waals surface area contributed by atoms with Gasteiger partial charge in [-0.25, -0.2) is 4.98 Å². The van der Waals surface area contributed by atoms with Crippen molar-refractivity contribution < 1.29 is 4.74 Å². The lowest BCUT2D eigenvalue weighted by Gasteiger charge is -2.30. The number of ether oxygens (including phenoxy) is 1. The highest BCUT2D eigenvalue weighted by atomic mass is 79.9. The molecule has 1 aliphatic rings. The lowest BCUT2D eigenvalue weighted by Crippen LogP contribution is -2.29. The summed E-state index contributed by atoms with van der Waals surface area (Å²) >= 11 is 3.63. The van der Waals surface area contributed by atoms with Crippen LogP contribution in [0, 0.1) is 13.8 Å². The van der Waals surface area contributed by atoms with Gasteiger partial charge in [0.25, 0.3) is 0 Å². The molecule has 0 bridgehead atoms. The first-order chi connectivity index (χ1) is 17.6. The molecule has 0 atom stereocenters. The summed E-state index contributed by atoms with van der Waals surface area (Å²) in [6.07, 6.45) is 4.20. The van der Waals surface area contributed by atoms with Crippen LogP contribution in [0.25, 0.3) is 0 Å². The molecule has 2 heterocycles. The SMILES string of the molecule is Cc1ccc(Nc2nc(Nc3cc(C)c(C4CCN(C)CC4)cc3OC(C)C)ncc2Br)c(P(C)C)c1. The zero-order valence-corrected chi connectivity index (χ0v) is 25.5. The Morgan fingerprint density at radius 1 is 1.05 bits per heavy atom. The molecule has 0 spiro atoms. The van der Waals surface area contributed by atoms with Gasteiger partial charge >= 0.3 is 0 Å². The largest absolute Gasteiger partial charge is 0.489 e. The van der Waals surface area contributed by atoms with Crippen molar-refractivity contribution in [2.24, 2.45) is 0 Å². The fraction of sp³-hybridized carbons (Fsp3) is 0.448. The Morgan fingerprint density at radius 3 is 2.46 bits per heavy atom. The Morgan fingerprint density at radius 2 is 1.78 bits per heavy atom. The molecular weight excluding hydrogens is 545 g/mol. The summed E-state index contributed by atoms with van der Waals surface area (Å²) in [4.78, 5) is 11.8. The van der Waals surface area contributed by atoms with Crippen molar-refractivity contribution in [1.29, 1.82) is 0 Å². The van der Waals surface area contributed by atoms with E-state index < -0.39 is 0 Å². The first-order valence-corrected chi connectivity index (χ1v) is 16.0. The second kappa shape index (κ2) is 12.1. The van der Waals surface area contributed by atoms with Gasteiger partial charge in [-0.2, -0.15) is 4.98 Å². The van der Waals surface area contributed by atoms with E-state index in [1.165, 1.54) is 34.8 Å². The van der Waals surface area contributed by atoms with E-state index in [0.29, 0.717) is 11.9 Å². The minimum Gasteiger partial charge on any atom is -0.489 e. The fourth-order valence-electron chi connectivity index (χ4n) is 4.79. The predicted octanol–water partition coefficient (Wildman–Crippen LogP) is 7.31. The molecule has 4 rings (SSSR count). The number of nitrogens with zero attached hydrogens (tertiary/aromatic N) is 3. The van der Waals surface area contributed by atoms with E-state index in [-0.39, 0.29) is 14.0 Å². The lowest BCUT2D eigenvalue weighted by molar-refractivity contribution is 0.241. The third kappa shape index (κ3) is 7.01. The summed E-state index contributed by atoms with van der Waals surface area (Å²) in [6.45, 7) is 15.3. The van der Waals surface area contributed by atoms with Gasteiger partial charge in [-0.1, -0.05) is 19.6 Å². The Labute approximate surface area is 231 Å². The van der Waals surface area contributed by atoms with E-state index in [1.807, 2.05) is 0 Å². The predicted molar refractivity (Wildman–Crippen MR) is 162 cm³/mol. The molecule has 198 valence electrons. The van der Waals surface area contributed by atoms with Crippen molar-refractivity contribution in [3.8, 4) is 5.75 Å². The standard InChI is InChI=1S/C29H39BrN5OP/c1-18(2)36-26-16-22(21-10-12-35(5)13-11-21)20(4)15-25(26)33-29-31-17-23(30)28(34-29)32-24-9-8-19(3)14-27(24)37(6)7/h8-9,14-18,21H,10-13H2,1-7H3,(H2,31,32,33,34). The summed E-state index contributed by atoms with van der Waals surface area (Å²) in [6, 6.07) is 10.9. The van der Waals surface area contributed by atoms with Crippen LogP contribution in [0.1, 0.15) is 49.3 Å². The van der Waals surface area contributed by atoms with Gasteiger partial charge in [0.1, 0.15) is 11.6 Å². The van der Waals surface area contributed by atoms with E-state index in [1.54, 1.807) is 6.20 Å². The van der Waals surface area contributed by atoms with Crippen molar-refractivity contribution in [2.75, 3.05) is 44.1 Å². The number of aryl methyl sites for hydroxylation is 2. The zero-order valence-electron chi connectivity index (χ0n) is 23.0. The van der Waals surface area contributed by atoms with Crippen molar-refractivity contribution in [2.45, 2.75) is 52.6 Å². The molecule has 0 amide bonds. The first kappa shape index (κ1) is 27.8. The number of hydrogen-bond donors (Lipinski definition) is 2. The Kier molecular flexibility index (Phi) is 9.10. The summed E-state index contributed by atoms with van der Waals surface area (Å²) < 4.78 is 7.09. The van der Waals surface area contributed by atoms with Crippen LogP contribution in [0.15, 0.2) is 41.0 Å². The van der Waals surface area contributed by atoms with Gasteiger partial charge in [0.2, 0.25) is 5.95 Å². The molecule has 1 fully saturated rings. The first-order valence-electron chi connectivity index (χ1n) is 12.9. The minimum absolute atomic E-state index is 0.0644. The van der Waals surface area contributed by atoms with Crippen molar-refractivity contribution >= 4 is 52.3 Å². The third-order valence-electron chi connectivity index (χ3n) is 6.77. The molecule has 1 aliphatic heterocycles. The number of rotatable bonds is 8. The highest BCUT2D eigenvalue weighted by Gasteiger charge is 2.22. The number of aromatic nitrogens is 2. The van der Waals surface area contributed by atoms with Crippen LogP contribution >= 0.6 is 23.9 Å². The number of piperidine rings is 1. The molecule has 2 aromatic carbocycles. The number of nitrogens with one attached hydrogen (secondary N) is 2. The quantitative estimate of drug-likeness (QED) is 0.271. The normalized spacial score (nSPS) is 14.9. The molecule has 1 saturated heterocycles. The van der Waals surface area contributed by atoms with E-state index in [0.717, 1.165) is 40.5 Å². The Balaban J connectivity index is 1.63. The van der Waals surface area contributed by atoms with Gasteiger partial charge in [0, 0.05) is 11.9 Å². The zero-order chi connectivity index (χ0) is 26.7. The van der Waals surface area contributed by atoms with Crippen LogP contribution in [-0.4, -0.2) is 54.4 Å². The van der Waals surface area contributed by atoms with Gasteiger partial charge in [-0.3, -0.25) is 0 Å². The van der Waals surface area contributed by atoms with Crippen LogP contribution in [0.3, 0.4) is 0 Å². The van der Waals surface area contributed by atoms with Gasteiger partial charge in [-0.15, -0.1) is 0 Å². The smallest absolute Gasteiger partial charge is 0.229 e. The number of benzene rings is 2. The van der Waals surface area contributed by atoms with Gasteiger partial charge in [0.15, 0.2) is 0 Å². The highest BCUT2D eigenvalue weighted by molar-refractivity contribution is 9.10. The molecule has 6 nitrogen and oxygen atoms in total. The van der Waals surface area contributed by atoms with Crippen molar-refractivity contribution in [3.63, 3.8) is 0 Å². The average molecular weight is 585 g/mol. The van der Waals surface area contributed by atoms with Crippen LogP contribution in [0.2, 0.25) is 0 Å².